The first-order valence-corrected chi connectivity index (χ1v) is 9.89. The van der Waals surface area contributed by atoms with E-state index in [1.54, 1.807) is 57.5 Å². The third-order valence-corrected chi connectivity index (χ3v) is 4.91. The number of aromatic nitrogens is 1. The predicted molar refractivity (Wildman–Crippen MR) is 120 cm³/mol. The highest BCUT2D eigenvalue weighted by molar-refractivity contribution is 6.12. The first kappa shape index (κ1) is 22.8. The molecule has 0 radical (unpaired) electrons. The molecule has 0 N–H and O–H groups in total. The third-order valence-electron chi connectivity index (χ3n) is 4.91. The lowest BCUT2D eigenvalue weighted by Crippen LogP contribution is -2.34. The van der Waals surface area contributed by atoms with Crippen molar-refractivity contribution in [2.24, 2.45) is 0 Å². The summed E-state index contributed by atoms with van der Waals surface area (Å²) in [5.74, 6) is -0.369. The zero-order valence-corrected chi connectivity index (χ0v) is 18.8. The summed E-state index contributed by atoms with van der Waals surface area (Å²) in [6, 6.07) is 9.37. The molecular weight excluding hydrogens is 414 g/mol. The molecule has 9 nitrogen and oxygen atoms in total. The van der Waals surface area contributed by atoms with Gasteiger partial charge >= 0.3 is 11.8 Å². The van der Waals surface area contributed by atoms with E-state index >= 15 is 0 Å². The van der Waals surface area contributed by atoms with Gasteiger partial charge in [0.2, 0.25) is 5.78 Å². The van der Waals surface area contributed by atoms with E-state index in [1.807, 2.05) is 6.07 Å². The topological polar surface area (TPSA) is 103 Å². The average Bonchev–Trinajstić information content (AvgIpc) is 3.02. The van der Waals surface area contributed by atoms with Gasteiger partial charge in [0.25, 0.3) is 0 Å². The van der Waals surface area contributed by atoms with Crippen LogP contribution in [0.1, 0.15) is 42.4 Å². The summed E-state index contributed by atoms with van der Waals surface area (Å²) in [6.07, 6.45) is 1.18. The summed E-state index contributed by atoms with van der Waals surface area (Å²) in [4.78, 5) is 38.2. The summed E-state index contributed by atoms with van der Waals surface area (Å²) < 4.78 is 12.3. The average molecular weight is 439 g/mol. The minimum atomic E-state index is -0.678. The number of nitro benzene ring substituents is 1. The summed E-state index contributed by atoms with van der Waals surface area (Å²) in [6.45, 7) is 7.08. The molecule has 2 heterocycles. The summed E-state index contributed by atoms with van der Waals surface area (Å²) in [7, 11) is 2.90. The van der Waals surface area contributed by atoms with Crippen molar-refractivity contribution < 1.29 is 24.0 Å². The Kier molecular flexibility index (Phi) is 5.94. The molecular formula is C23H25N3O6. The van der Waals surface area contributed by atoms with Crippen molar-refractivity contribution in [3.05, 3.63) is 69.5 Å². The number of rotatable bonds is 5. The Balaban J connectivity index is 2.15. The number of ketones is 1. The number of hydrogen-bond acceptors (Lipinski definition) is 6. The molecule has 0 saturated carbocycles. The maximum absolute atomic E-state index is 13.5. The SMILES string of the molecule is COc1cc(C(=O)c2c(C)c(N(C)C(=O)OC(C)(C)C)c3ccccn23)ccc1[N+](=O)[O-]. The molecule has 168 valence electrons. The number of fused-ring (bicyclic) bond motifs is 1. The van der Waals surface area contributed by atoms with E-state index in [-0.39, 0.29) is 22.8 Å². The van der Waals surface area contributed by atoms with Gasteiger partial charge in [0.05, 0.1) is 28.9 Å². The highest BCUT2D eigenvalue weighted by atomic mass is 16.6. The maximum Gasteiger partial charge on any atom is 0.414 e. The lowest BCUT2D eigenvalue weighted by Gasteiger charge is -2.25. The molecule has 3 rings (SSSR count). The number of nitro groups is 1. The van der Waals surface area contributed by atoms with E-state index in [2.05, 4.69) is 0 Å². The largest absolute Gasteiger partial charge is 0.490 e. The lowest BCUT2D eigenvalue weighted by atomic mass is 10.0. The van der Waals surface area contributed by atoms with Crippen LogP contribution in [0.5, 0.6) is 5.75 Å². The normalized spacial score (nSPS) is 11.3. The van der Waals surface area contributed by atoms with Gasteiger partial charge in [-0.05, 0) is 52.0 Å². The van der Waals surface area contributed by atoms with Crippen LogP contribution in [0.4, 0.5) is 16.2 Å². The van der Waals surface area contributed by atoms with Gasteiger partial charge in [-0.15, -0.1) is 0 Å². The summed E-state index contributed by atoms with van der Waals surface area (Å²) >= 11 is 0. The van der Waals surface area contributed by atoms with E-state index < -0.39 is 16.6 Å². The molecule has 2 aromatic heterocycles. The van der Waals surface area contributed by atoms with Gasteiger partial charge in [-0.1, -0.05) is 6.07 Å². The van der Waals surface area contributed by atoms with Crippen molar-refractivity contribution in [3.8, 4) is 5.75 Å². The molecule has 0 atom stereocenters. The summed E-state index contributed by atoms with van der Waals surface area (Å²) in [5, 5.41) is 11.2. The molecule has 1 aromatic carbocycles. The van der Waals surface area contributed by atoms with Crippen molar-refractivity contribution in [2.45, 2.75) is 33.3 Å². The Morgan fingerprint density at radius 2 is 1.84 bits per heavy atom. The van der Waals surface area contributed by atoms with Crippen molar-refractivity contribution >= 4 is 28.8 Å². The quantitative estimate of drug-likeness (QED) is 0.322. The number of pyridine rings is 1. The third kappa shape index (κ3) is 4.14. The number of carbonyl (C=O) groups excluding carboxylic acids is 2. The molecule has 0 spiro atoms. The Bertz CT molecular complexity index is 1220. The van der Waals surface area contributed by atoms with Crippen LogP contribution in [-0.2, 0) is 4.74 Å². The molecule has 0 saturated heterocycles. The van der Waals surface area contributed by atoms with E-state index in [0.717, 1.165) is 0 Å². The van der Waals surface area contributed by atoms with Crippen molar-refractivity contribution in [1.82, 2.24) is 4.40 Å². The van der Waals surface area contributed by atoms with Gasteiger partial charge in [0.15, 0.2) is 5.75 Å². The molecule has 0 unspecified atom stereocenters. The van der Waals surface area contributed by atoms with Gasteiger partial charge in [-0.2, -0.15) is 0 Å². The number of ether oxygens (including phenoxy) is 2. The standard InChI is InChI=1S/C23H25N3O6/c1-14-19(24(5)22(28)32-23(2,3)4)17-9-7-8-12-25(17)20(14)21(27)15-10-11-16(26(29)30)18(13-15)31-6/h7-13H,1-6H3. The smallest absolute Gasteiger partial charge is 0.414 e. The highest BCUT2D eigenvalue weighted by Crippen LogP contribution is 2.34. The van der Waals surface area contributed by atoms with Crippen LogP contribution in [0.15, 0.2) is 42.6 Å². The second kappa shape index (κ2) is 8.33. The lowest BCUT2D eigenvalue weighted by molar-refractivity contribution is -0.385. The van der Waals surface area contributed by atoms with Crippen molar-refractivity contribution in [1.29, 1.82) is 0 Å². The summed E-state index contributed by atoms with van der Waals surface area (Å²) in [5.41, 5.74) is 1.42. The van der Waals surface area contributed by atoms with Crippen molar-refractivity contribution in [2.75, 3.05) is 19.1 Å². The molecule has 0 aliphatic carbocycles. The molecule has 32 heavy (non-hydrogen) atoms. The Labute approximate surface area is 185 Å². The molecule has 0 fully saturated rings. The number of benzene rings is 1. The number of methoxy groups -OCH3 is 1. The molecule has 9 heteroatoms. The van der Waals surface area contributed by atoms with Crippen LogP contribution in [0, 0.1) is 17.0 Å². The minimum absolute atomic E-state index is 0.00883. The first-order chi connectivity index (χ1) is 15.0. The fraction of sp³-hybridized carbons (Fsp3) is 0.304. The van der Waals surface area contributed by atoms with E-state index in [9.17, 15) is 19.7 Å². The molecule has 0 aliphatic rings. The van der Waals surface area contributed by atoms with Crippen LogP contribution < -0.4 is 9.64 Å². The van der Waals surface area contributed by atoms with Gasteiger partial charge in [-0.25, -0.2) is 4.79 Å². The Morgan fingerprint density at radius 3 is 2.44 bits per heavy atom. The molecule has 0 bridgehead atoms. The highest BCUT2D eigenvalue weighted by Gasteiger charge is 2.29. The molecule has 3 aromatic rings. The first-order valence-electron chi connectivity index (χ1n) is 9.89. The van der Waals surface area contributed by atoms with Crippen LogP contribution >= 0.6 is 0 Å². The number of hydrogen-bond donors (Lipinski definition) is 0. The Hall–Kier alpha value is -3.88. The van der Waals surface area contributed by atoms with Gasteiger partial charge in [-0.3, -0.25) is 19.8 Å². The van der Waals surface area contributed by atoms with Gasteiger partial charge in [0, 0.05) is 30.4 Å². The zero-order chi connectivity index (χ0) is 23.8. The van der Waals surface area contributed by atoms with Crippen LogP contribution in [0.2, 0.25) is 0 Å². The molecule has 1 amide bonds. The van der Waals surface area contributed by atoms with Crippen molar-refractivity contribution in [3.63, 3.8) is 0 Å². The second-order valence-corrected chi connectivity index (χ2v) is 8.29. The van der Waals surface area contributed by atoms with E-state index in [4.69, 9.17) is 9.47 Å². The molecule has 0 aliphatic heterocycles. The fourth-order valence-corrected chi connectivity index (χ4v) is 3.55. The number of amides is 1. The van der Waals surface area contributed by atoms with Gasteiger partial charge in [0.1, 0.15) is 5.60 Å². The van der Waals surface area contributed by atoms with Crippen LogP contribution in [0.3, 0.4) is 0 Å². The van der Waals surface area contributed by atoms with E-state index in [0.29, 0.717) is 22.5 Å². The fourth-order valence-electron chi connectivity index (χ4n) is 3.55. The van der Waals surface area contributed by atoms with E-state index in [1.165, 1.54) is 30.2 Å². The number of nitrogens with zero attached hydrogens (tertiary/aromatic N) is 3. The van der Waals surface area contributed by atoms with Crippen LogP contribution in [-0.4, -0.2) is 41.0 Å². The monoisotopic (exact) mass is 439 g/mol. The predicted octanol–water partition coefficient (Wildman–Crippen LogP) is 4.77. The number of anilines is 1. The second-order valence-electron chi connectivity index (χ2n) is 8.29. The van der Waals surface area contributed by atoms with Crippen LogP contribution in [0.25, 0.3) is 5.52 Å². The zero-order valence-electron chi connectivity index (χ0n) is 18.8. The number of carbonyl (C=O) groups is 2. The Morgan fingerprint density at radius 1 is 1.16 bits per heavy atom. The maximum atomic E-state index is 13.5. The van der Waals surface area contributed by atoms with Gasteiger partial charge < -0.3 is 13.9 Å². The minimum Gasteiger partial charge on any atom is -0.490 e.